The molecule has 2 aromatic heterocycles. The highest BCUT2D eigenvalue weighted by atomic mass is 127. The van der Waals surface area contributed by atoms with Crippen LogP contribution in [0.4, 0.5) is 39.5 Å². The number of hydrogen-bond acceptors (Lipinski definition) is 6. The van der Waals surface area contributed by atoms with Gasteiger partial charge in [-0.3, -0.25) is 23.3 Å². The molecule has 2 heterocycles. The first kappa shape index (κ1) is 33.7. The van der Waals surface area contributed by atoms with Crippen molar-refractivity contribution in [2.75, 3.05) is 10.6 Å². The quantitative estimate of drug-likeness (QED) is 0.161. The summed E-state index contributed by atoms with van der Waals surface area (Å²) in [5, 5.41) is 15.8. The molecule has 2 aliphatic carbocycles. The molecule has 2 amide bonds. The number of fused-ring (bicyclic) bond motifs is 1. The van der Waals surface area contributed by atoms with E-state index in [1.165, 1.54) is 32.9 Å². The minimum absolute atomic E-state index is 0.0805. The van der Waals surface area contributed by atoms with Crippen molar-refractivity contribution >= 4 is 62.7 Å². The van der Waals surface area contributed by atoms with E-state index in [-0.39, 0.29) is 46.1 Å². The molecule has 2 aliphatic rings. The van der Waals surface area contributed by atoms with E-state index in [1.54, 1.807) is 37.3 Å². The van der Waals surface area contributed by atoms with E-state index < -0.39 is 34.8 Å². The second kappa shape index (κ2) is 12.8. The van der Waals surface area contributed by atoms with Crippen LogP contribution in [0.1, 0.15) is 37.3 Å². The molecule has 0 bridgehead atoms. The number of hydrogen-bond donors (Lipinski definition) is 4. The van der Waals surface area contributed by atoms with Crippen LogP contribution in [0, 0.1) is 16.3 Å². The summed E-state index contributed by atoms with van der Waals surface area (Å²) >= 11 is 2.00. The lowest BCUT2D eigenvalue weighted by Gasteiger charge is -2.21. The van der Waals surface area contributed by atoms with Gasteiger partial charge in [0.25, 0.3) is 11.1 Å². The maximum absolute atomic E-state index is 14.9. The molecule has 4 N–H and O–H groups in total. The molecule has 0 saturated heterocycles. The first-order valence-electron chi connectivity index (χ1n) is 14.2. The number of nitrogens with zero attached hydrogens (tertiary/aromatic N) is 3. The lowest BCUT2D eigenvalue weighted by atomic mass is 10.1. The highest BCUT2D eigenvalue weighted by molar-refractivity contribution is 14.1. The maximum atomic E-state index is 14.9. The molecule has 2 saturated carbocycles. The summed E-state index contributed by atoms with van der Waals surface area (Å²) in [6, 6.07) is 10.8. The van der Waals surface area contributed by atoms with Crippen LogP contribution >= 0.6 is 22.6 Å². The molecule has 12 nitrogen and oxygen atoms in total. The largest absolute Gasteiger partial charge is 0.490 e. The van der Waals surface area contributed by atoms with E-state index in [0.717, 1.165) is 12.8 Å². The van der Waals surface area contributed by atoms with Crippen LogP contribution in [0.5, 0.6) is 0 Å². The van der Waals surface area contributed by atoms with Gasteiger partial charge in [0.1, 0.15) is 17.0 Å². The Morgan fingerprint density at radius 3 is 2.23 bits per heavy atom. The summed E-state index contributed by atoms with van der Waals surface area (Å²) < 4.78 is 51.1. The van der Waals surface area contributed by atoms with Crippen molar-refractivity contribution in [3.8, 4) is 5.69 Å². The lowest BCUT2D eigenvalue weighted by molar-refractivity contribution is -0.192. The van der Waals surface area contributed by atoms with Gasteiger partial charge < -0.3 is 21.1 Å². The molecule has 0 radical (unpaired) electrons. The number of amides is 2. The summed E-state index contributed by atoms with van der Waals surface area (Å²) in [4.78, 5) is 62.5. The summed E-state index contributed by atoms with van der Waals surface area (Å²) in [6.45, 7) is 1.56. The number of aromatic nitrogens is 3. The van der Waals surface area contributed by atoms with Crippen LogP contribution in [0.3, 0.4) is 0 Å². The number of urea groups is 1. The van der Waals surface area contributed by atoms with Gasteiger partial charge in [-0.1, -0.05) is 6.07 Å². The van der Waals surface area contributed by atoms with Gasteiger partial charge in [0.15, 0.2) is 0 Å². The third kappa shape index (κ3) is 7.18. The number of pyridine rings is 1. The van der Waals surface area contributed by atoms with Gasteiger partial charge in [0.2, 0.25) is 0 Å². The van der Waals surface area contributed by atoms with Crippen LogP contribution in [-0.2, 0) is 11.8 Å². The molecule has 2 fully saturated rings. The normalized spacial score (nSPS) is 14.3. The van der Waals surface area contributed by atoms with Gasteiger partial charge in [0.05, 0.1) is 16.9 Å². The molecule has 0 unspecified atom stereocenters. The molecule has 47 heavy (non-hydrogen) atoms. The fourth-order valence-corrected chi connectivity index (χ4v) is 5.33. The second-order valence-corrected chi connectivity index (χ2v) is 12.3. The van der Waals surface area contributed by atoms with E-state index in [9.17, 15) is 36.7 Å². The van der Waals surface area contributed by atoms with E-state index in [4.69, 9.17) is 9.90 Å². The number of rotatable bonds is 6. The average Bonchev–Trinajstić information content (AvgIpc) is 3.92. The summed E-state index contributed by atoms with van der Waals surface area (Å²) in [6.07, 6.45) is -1.87. The fourth-order valence-electron chi connectivity index (χ4n) is 4.88. The Balaban J connectivity index is 0.000000559. The molecule has 2 aromatic carbocycles. The van der Waals surface area contributed by atoms with Gasteiger partial charge in [-0.2, -0.15) is 13.2 Å². The van der Waals surface area contributed by atoms with Gasteiger partial charge in [0, 0.05) is 34.0 Å². The number of carboxylic acid groups (broad SMARTS) is 1. The highest BCUT2D eigenvalue weighted by Crippen LogP contribution is 2.34. The first-order chi connectivity index (χ1) is 22.1. The van der Waals surface area contributed by atoms with Crippen molar-refractivity contribution in [3.63, 3.8) is 0 Å². The number of alkyl halides is 3. The monoisotopic (exact) mass is 770 g/mol. The number of anilines is 3. The molecule has 6 rings (SSSR count). The van der Waals surface area contributed by atoms with Gasteiger partial charge in [-0.25, -0.2) is 18.8 Å². The van der Waals surface area contributed by atoms with Crippen molar-refractivity contribution in [3.05, 3.63) is 88.6 Å². The molecule has 4 aromatic rings. The zero-order chi connectivity index (χ0) is 34.4. The Morgan fingerprint density at radius 1 is 1.00 bits per heavy atom. The highest BCUT2D eigenvalue weighted by Gasteiger charge is 2.38. The number of nitrogens with one attached hydrogen (secondary N) is 3. The Labute approximate surface area is 276 Å². The summed E-state index contributed by atoms with van der Waals surface area (Å²) in [5.74, 6) is -3.23. The third-order valence-corrected chi connectivity index (χ3v) is 8.13. The van der Waals surface area contributed by atoms with E-state index in [1.807, 2.05) is 22.6 Å². The lowest BCUT2D eigenvalue weighted by Crippen LogP contribution is -2.41. The first-order valence-corrected chi connectivity index (χ1v) is 15.3. The average molecular weight is 770 g/mol. The van der Waals surface area contributed by atoms with Crippen molar-refractivity contribution in [1.82, 2.24) is 19.0 Å². The summed E-state index contributed by atoms with van der Waals surface area (Å²) in [5.41, 5.74) is -0.362. The maximum Gasteiger partial charge on any atom is 0.490 e. The number of aryl methyl sites for hydroxylation is 1. The number of carbonyl (C=O) groups excluding carboxylic acids is 1. The van der Waals surface area contributed by atoms with Crippen molar-refractivity contribution in [1.29, 1.82) is 0 Å². The molecule has 0 atom stereocenters. The number of halogens is 5. The van der Waals surface area contributed by atoms with Gasteiger partial charge in [-0.05, 0) is 91.6 Å². The Bertz CT molecular complexity index is 2100. The minimum Gasteiger partial charge on any atom is -0.475 e. The van der Waals surface area contributed by atoms with E-state index in [2.05, 4.69) is 16.0 Å². The van der Waals surface area contributed by atoms with Crippen LogP contribution in [0.25, 0.3) is 16.6 Å². The Morgan fingerprint density at radius 2 is 1.66 bits per heavy atom. The SMILES string of the molecule is Cc1c(=O)n(C)c(Nc2ccc(I)cc2F)c2c(=O)n(C3CC3)c(=O)n(-c3cccc(NC(=O)NC4CC4)c3)c12.O=C(O)C(F)(F)F. The topological polar surface area (TPSA) is 156 Å². The number of aliphatic carboxylic acids is 1. The molecule has 0 aliphatic heterocycles. The molecule has 17 heteroatoms. The van der Waals surface area contributed by atoms with Gasteiger partial charge >= 0.3 is 23.9 Å². The predicted molar refractivity (Wildman–Crippen MR) is 173 cm³/mol. The molecule has 248 valence electrons. The van der Waals surface area contributed by atoms with E-state index >= 15 is 0 Å². The molecular formula is C30H27F4IN6O6. The Hall–Kier alpha value is -4.68. The minimum atomic E-state index is -5.08. The molecule has 0 spiro atoms. The zero-order valence-corrected chi connectivity index (χ0v) is 26.9. The zero-order valence-electron chi connectivity index (χ0n) is 24.7. The second-order valence-electron chi connectivity index (χ2n) is 11.1. The standard InChI is InChI=1S/C28H26FIN6O4.C2HF3O2/c1-14-23-22(24(34(2)25(14)37)33-21-11-6-15(30)12-20(21)29)26(38)36(18-9-10-18)28(40)35(23)19-5-3-4-17(13-19)32-27(39)31-16-7-8-16;3-2(4,5)1(6)7/h3-6,11-13,16,18,33H,7-10H2,1-2H3,(H2,31,32,39);(H,6,7). The van der Waals surface area contributed by atoms with Crippen molar-refractivity contribution < 1.29 is 32.3 Å². The Kier molecular flexibility index (Phi) is 9.20. The van der Waals surface area contributed by atoms with Crippen molar-refractivity contribution in [2.45, 2.75) is 50.9 Å². The van der Waals surface area contributed by atoms with Crippen LogP contribution in [0.15, 0.2) is 56.8 Å². The van der Waals surface area contributed by atoms with Crippen LogP contribution in [-0.4, -0.2) is 43.0 Å². The predicted octanol–water partition coefficient (Wildman–Crippen LogP) is 4.90. The number of carboxylic acids is 1. The number of benzene rings is 2. The fraction of sp³-hybridized carbons (Fsp3) is 0.300. The van der Waals surface area contributed by atoms with Crippen LogP contribution in [0.2, 0.25) is 0 Å². The smallest absolute Gasteiger partial charge is 0.475 e. The van der Waals surface area contributed by atoms with E-state index in [0.29, 0.717) is 27.8 Å². The molecular weight excluding hydrogens is 743 g/mol. The summed E-state index contributed by atoms with van der Waals surface area (Å²) in [7, 11) is 1.50. The van der Waals surface area contributed by atoms with Crippen molar-refractivity contribution in [2.24, 2.45) is 7.05 Å². The van der Waals surface area contributed by atoms with Gasteiger partial charge in [-0.15, -0.1) is 0 Å². The number of carbonyl (C=O) groups is 2. The third-order valence-electron chi connectivity index (χ3n) is 7.46. The van der Waals surface area contributed by atoms with Crippen LogP contribution < -0.4 is 32.8 Å².